The van der Waals surface area contributed by atoms with Crippen molar-refractivity contribution in [2.45, 2.75) is 20.0 Å². The number of carbonyl (C=O) groups excluding carboxylic acids is 1. The lowest BCUT2D eigenvalue weighted by molar-refractivity contribution is 0.0950. The number of hydrogen-bond donors (Lipinski definition) is 1. The van der Waals surface area contributed by atoms with Gasteiger partial charge in [-0.05, 0) is 30.7 Å². The van der Waals surface area contributed by atoms with Crippen LogP contribution in [-0.2, 0) is 13.1 Å². The van der Waals surface area contributed by atoms with Crippen LogP contribution in [0, 0.1) is 0 Å². The molecule has 0 atom stereocenters. The number of aromatic nitrogens is 1. The Labute approximate surface area is 166 Å². The summed E-state index contributed by atoms with van der Waals surface area (Å²) in [5.41, 5.74) is 2.73. The molecule has 0 radical (unpaired) electrons. The van der Waals surface area contributed by atoms with Crippen LogP contribution < -0.4 is 15.0 Å². The number of methoxy groups -OCH3 is 1. The molecule has 0 aliphatic rings. The molecule has 1 aromatic heterocycles. The van der Waals surface area contributed by atoms with Crippen LogP contribution in [0.15, 0.2) is 72.9 Å². The Morgan fingerprint density at radius 1 is 1.07 bits per heavy atom. The van der Waals surface area contributed by atoms with E-state index in [0.717, 1.165) is 30.2 Å². The average molecular weight is 375 g/mol. The Morgan fingerprint density at radius 2 is 1.82 bits per heavy atom. The van der Waals surface area contributed by atoms with Crippen molar-refractivity contribution < 1.29 is 9.53 Å². The number of carbonyl (C=O) groups is 1. The van der Waals surface area contributed by atoms with E-state index in [2.05, 4.69) is 34.3 Å². The zero-order valence-electron chi connectivity index (χ0n) is 16.3. The van der Waals surface area contributed by atoms with E-state index in [0.29, 0.717) is 12.1 Å². The highest BCUT2D eigenvalue weighted by atomic mass is 16.5. The van der Waals surface area contributed by atoms with Gasteiger partial charge in [0.15, 0.2) is 0 Å². The first kappa shape index (κ1) is 19.4. The lowest BCUT2D eigenvalue weighted by atomic mass is 10.1. The van der Waals surface area contributed by atoms with E-state index >= 15 is 0 Å². The zero-order chi connectivity index (χ0) is 19.8. The molecule has 0 saturated carbocycles. The molecule has 1 N–H and O–H groups in total. The van der Waals surface area contributed by atoms with Crippen molar-refractivity contribution in [3.05, 3.63) is 89.6 Å². The molecule has 5 heteroatoms. The average Bonchev–Trinajstić information content (AvgIpc) is 2.76. The first-order chi connectivity index (χ1) is 13.7. The van der Waals surface area contributed by atoms with Crippen molar-refractivity contribution in [2.75, 3.05) is 18.6 Å². The first-order valence-corrected chi connectivity index (χ1v) is 9.36. The van der Waals surface area contributed by atoms with Crippen LogP contribution in [0.1, 0.15) is 28.4 Å². The number of pyridine rings is 1. The third kappa shape index (κ3) is 4.88. The molecule has 0 spiro atoms. The Kier molecular flexibility index (Phi) is 6.63. The largest absolute Gasteiger partial charge is 0.496 e. The van der Waals surface area contributed by atoms with Crippen molar-refractivity contribution >= 4 is 11.7 Å². The SMILES string of the molecule is CCN(Cc1ccccc1)c1cc(C(=O)NCc2ccccc2OC)ccn1. The quantitative estimate of drug-likeness (QED) is 0.645. The zero-order valence-corrected chi connectivity index (χ0v) is 16.3. The molecule has 0 fully saturated rings. The topological polar surface area (TPSA) is 54.5 Å². The summed E-state index contributed by atoms with van der Waals surface area (Å²) < 4.78 is 5.34. The van der Waals surface area contributed by atoms with E-state index in [4.69, 9.17) is 4.74 Å². The van der Waals surface area contributed by atoms with E-state index in [1.54, 1.807) is 19.4 Å². The summed E-state index contributed by atoms with van der Waals surface area (Å²) in [5, 5.41) is 2.96. The summed E-state index contributed by atoms with van der Waals surface area (Å²) in [4.78, 5) is 19.2. The van der Waals surface area contributed by atoms with Crippen LogP contribution in [0.4, 0.5) is 5.82 Å². The smallest absolute Gasteiger partial charge is 0.251 e. The predicted molar refractivity (Wildman–Crippen MR) is 112 cm³/mol. The maximum Gasteiger partial charge on any atom is 0.251 e. The Bertz CT molecular complexity index is 912. The third-order valence-corrected chi connectivity index (χ3v) is 4.56. The minimum Gasteiger partial charge on any atom is -0.496 e. The number of hydrogen-bond acceptors (Lipinski definition) is 4. The van der Waals surface area contributed by atoms with Gasteiger partial charge in [-0.1, -0.05) is 48.5 Å². The molecule has 5 nitrogen and oxygen atoms in total. The molecule has 1 heterocycles. The van der Waals surface area contributed by atoms with Crippen LogP contribution in [0.25, 0.3) is 0 Å². The summed E-state index contributed by atoms with van der Waals surface area (Å²) in [6, 6.07) is 21.5. The van der Waals surface area contributed by atoms with Crippen LogP contribution in [-0.4, -0.2) is 24.5 Å². The molecule has 3 aromatic rings. The van der Waals surface area contributed by atoms with Crippen molar-refractivity contribution in [3.63, 3.8) is 0 Å². The highest BCUT2D eigenvalue weighted by Crippen LogP contribution is 2.18. The molecule has 0 aliphatic carbocycles. The number of nitrogens with one attached hydrogen (secondary N) is 1. The Balaban J connectivity index is 1.70. The molecular weight excluding hydrogens is 350 g/mol. The molecule has 0 aliphatic heterocycles. The molecule has 0 unspecified atom stereocenters. The normalized spacial score (nSPS) is 10.4. The summed E-state index contributed by atoms with van der Waals surface area (Å²) >= 11 is 0. The molecule has 1 amide bonds. The second-order valence-corrected chi connectivity index (χ2v) is 6.40. The van der Waals surface area contributed by atoms with Gasteiger partial charge in [0.2, 0.25) is 0 Å². The van der Waals surface area contributed by atoms with Gasteiger partial charge in [0.05, 0.1) is 7.11 Å². The van der Waals surface area contributed by atoms with Gasteiger partial charge < -0.3 is 15.0 Å². The highest BCUT2D eigenvalue weighted by Gasteiger charge is 2.12. The van der Waals surface area contributed by atoms with E-state index in [1.165, 1.54) is 5.56 Å². The van der Waals surface area contributed by atoms with Gasteiger partial charge in [-0.15, -0.1) is 0 Å². The lowest BCUT2D eigenvalue weighted by Crippen LogP contribution is -2.25. The maximum absolute atomic E-state index is 12.6. The van der Waals surface area contributed by atoms with Crippen LogP contribution in [0.2, 0.25) is 0 Å². The fourth-order valence-electron chi connectivity index (χ4n) is 3.02. The van der Waals surface area contributed by atoms with Crippen molar-refractivity contribution in [1.29, 1.82) is 0 Å². The van der Waals surface area contributed by atoms with Gasteiger partial charge in [-0.25, -0.2) is 4.98 Å². The number of benzene rings is 2. The molecule has 3 rings (SSSR count). The van der Waals surface area contributed by atoms with Crippen molar-refractivity contribution in [1.82, 2.24) is 10.3 Å². The summed E-state index contributed by atoms with van der Waals surface area (Å²) in [6.07, 6.45) is 1.68. The number of ether oxygens (including phenoxy) is 1. The second kappa shape index (κ2) is 9.55. The molecule has 0 bridgehead atoms. The molecule has 0 saturated heterocycles. The monoisotopic (exact) mass is 375 g/mol. The van der Waals surface area contributed by atoms with E-state index in [-0.39, 0.29) is 5.91 Å². The summed E-state index contributed by atoms with van der Waals surface area (Å²) in [5.74, 6) is 1.42. The minimum atomic E-state index is -0.134. The highest BCUT2D eigenvalue weighted by molar-refractivity contribution is 5.94. The molecule has 2 aromatic carbocycles. The van der Waals surface area contributed by atoms with Gasteiger partial charge in [0.25, 0.3) is 5.91 Å². The summed E-state index contributed by atoms with van der Waals surface area (Å²) in [7, 11) is 1.63. The van der Waals surface area contributed by atoms with E-state index in [1.807, 2.05) is 48.5 Å². The van der Waals surface area contributed by atoms with Gasteiger partial charge in [0.1, 0.15) is 11.6 Å². The first-order valence-electron chi connectivity index (χ1n) is 9.36. The number of amides is 1. The Hall–Kier alpha value is -3.34. The lowest BCUT2D eigenvalue weighted by Gasteiger charge is -2.22. The van der Waals surface area contributed by atoms with Crippen LogP contribution in [0.3, 0.4) is 0 Å². The number of nitrogens with zero attached hydrogens (tertiary/aromatic N) is 2. The van der Waals surface area contributed by atoms with E-state index in [9.17, 15) is 4.79 Å². The van der Waals surface area contributed by atoms with Crippen LogP contribution in [0.5, 0.6) is 5.75 Å². The van der Waals surface area contributed by atoms with Crippen molar-refractivity contribution in [3.8, 4) is 5.75 Å². The summed E-state index contributed by atoms with van der Waals surface area (Å²) in [6.45, 7) is 4.03. The van der Waals surface area contributed by atoms with Crippen molar-refractivity contribution in [2.24, 2.45) is 0 Å². The van der Waals surface area contributed by atoms with Gasteiger partial charge >= 0.3 is 0 Å². The third-order valence-electron chi connectivity index (χ3n) is 4.56. The molecule has 28 heavy (non-hydrogen) atoms. The predicted octanol–water partition coefficient (Wildman–Crippen LogP) is 4.05. The molecular formula is C23H25N3O2. The fraction of sp³-hybridized carbons (Fsp3) is 0.217. The van der Waals surface area contributed by atoms with Gasteiger partial charge in [0, 0.05) is 37.0 Å². The van der Waals surface area contributed by atoms with E-state index < -0.39 is 0 Å². The molecule has 144 valence electrons. The number of para-hydroxylation sites is 1. The van der Waals surface area contributed by atoms with Gasteiger partial charge in [-0.3, -0.25) is 4.79 Å². The Morgan fingerprint density at radius 3 is 2.57 bits per heavy atom. The van der Waals surface area contributed by atoms with Crippen LogP contribution >= 0.6 is 0 Å². The van der Waals surface area contributed by atoms with Gasteiger partial charge in [-0.2, -0.15) is 0 Å². The minimum absolute atomic E-state index is 0.134. The standard InChI is InChI=1S/C23H25N3O2/c1-3-26(17-18-9-5-4-6-10-18)22-15-19(13-14-24-22)23(27)25-16-20-11-7-8-12-21(20)28-2/h4-15H,3,16-17H2,1-2H3,(H,25,27). The second-order valence-electron chi connectivity index (χ2n) is 6.40. The fourth-order valence-corrected chi connectivity index (χ4v) is 3.02. The number of rotatable bonds is 8. The maximum atomic E-state index is 12.6. The number of anilines is 1.